The first-order valence-corrected chi connectivity index (χ1v) is 5.52. The third kappa shape index (κ3) is 4.04. The van der Waals surface area contributed by atoms with Gasteiger partial charge in [0, 0.05) is 20.1 Å². The van der Waals surface area contributed by atoms with Gasteiger partial charge in [-0.05, 0) is 13.1 Å². The number of nitrogens with two attached hydrogens (primary N) is 1. The Kier molecular flexibility index (Phi) is 6.87. The van der Waals surface area contributed by atoms with Crippen molar-refractivity contribution in [3.8, 4) is 0 Å². The topological polar surface area (TPSA) is 102 Å². The molecule has 0 aliphatic heterocycles. The molecule has 7 nitrogen and oxygen atoms in total. The van der Waals surface area contributed by atoms with E-state index in [1.807, 2.05) is 0 Å². The number of likely N-dealkylation sites (N-methyl/N-ethyl adjacent to an activating group) is 2. The van der Waals surface area contributed by atoms with Crippen LogP contribution in [0, 0.1) is 15.9 Å². The lowest BCUT2D eigenvalue weighted by atomic mass is 10.1. The quantitative estimate of drug-likeness (QED) is 0.480. The summed E-state index contributed by atoms with van der Waals surface area (Å²) in [5, 5.41) is 13.6. The first-order chi connectivity index (χ1) is 8.88. The van der Waals surface area contributed by atoms with Gasteiger partial charge in [0.2, 0.25) is 0 Å². The summed E-state index contributed by atoms with van der Waals surface area (Å²) in [6.45, 7) is 0.915. The van der Waals surface area contributed by atoms with Crippen LogP contribution in [0.5, 0.6) is 0 Å². The van der Waals surface area contributed by atoms with Crippen molar-refractivity contribution in [2.24, 2.45) is 0 Å². The van der Waals surface area contributed by atoms with E-state index in [9.17, 15) is 19.3 Å². The van der Waals surface area contributed by atoms with E-state index in [1.165, 1.54) is 11.9 Å². The number of hydrogen-bond acceptors (Lipinski definition) is 5. The molecule has 9 heteroatoms. The summed E-state index contributed by atoms with van der Waals surface area (Å²) in [7, 11) is 3.23. The molecule has 0 aromatic heterocycles. The number of carbonyl (C=O) groups excluding carboxylic acids is 1. The largest absolute Gasteiger partial charge is 0.393 e. The molecule has 1 aromatic rings. The smallest absolute Gasteiger partial charge is 0.295 e. The summed E-state index contributed by atoms with van der Waals surface area (Å²) in [5.41, 5.74) is 4.41. The first-order valence-electron chi connectivity index (χ1n) is 5.52. The fourth-order valence-corrected chi connectivity index (χ4v) is 1.52. The summed E-state index contributed by atoms with van der Waals surface area (Å²) in [6, 6.07) is 1.60. The number of hydrogen-bond donors (Lipinski definition) is 2. The average Bonchev–Trinajstić information content (AvgIpc) is 2.37. The molecule has 0 saturated carbocycles. The van der Waals surface area contributed by atoms with E-state index in [0.717, 1.165) is 6.07 Å². The molecule has 0 bridgehead atoms. The molecular weight excluding hydrogens is 291 g/mol. The normalized spacial score (nSPS) is 9.75. The van der Waals surface area contributed by atoms with Crippen LogP contribution >= 0.6 is 12.4 Å². The molecule has 1 aromatic carbocycles. The van der Waals surface area contributed by atoms with Gasteiger partial charge < -0.3 is 16.0 Å². The molecule has 0 spiro atoms. The van der Waals surface area contributed by atoms with Gasteiger partial charge in [0.05, 0.1) is 16.6 Å². The number of nitro benzene ring substituents is 1. The molecule has 0 radical (unpaired) electrons. The number of carbonyl (C=O) groups is 1. The highest BCUT2D eigenvalue weighted by Gasteiger charge is 2.23. The van der Waals surface area contributed by atoms with Crippen molar-refractivity contribution in [3.05, 3.63) is 33.6 Å². The molecule has 0 fully saturated rings. The van der Waals surface area contributed by atoms with Crippen LogP contribution in [0.2, 0.25) is 0 Å². The highest BCUT2D eigenvalue weighted by molar-refractivity contribution is 6.00. The van der Waals surface area contributed by atoms with Gasteiger partial charge in [-0.1, -0.05) is 0 Å². The van der Waals surface area contributed by atoms with Gasteiger partial charge >= 0.3 is 0 Å². The SMILES string of the molecule is CNCCN(C)C(=O)c1cc(F)cc([N+](=O)[O-])c1N.Cl. The highest BCUT2D eigenvalue weighted by Crippen LogP contribution is 2.27. The summed E-state index contributed by atoms with van der Waals surface area (Å²) >= 11 is 0. The van der Waals surface area contributed by atoms with Crippen LogP contribution in [0.25, 0.3) is 0 Å². The maximum absolute atomic E-state index is 13.3. The fourth-order valence-electron chi connectivity index (χ4n) is 1.52. The van der Waals surface area contributed by atoms with Crippen molar-refractivity contribution in [2.45, 2.75) is 0 Å². The first kappa shape index (κ1) is 18.1. The second kappa shape index (κ2) is 7.61. The van der Waals surface area contributed by atoms with Crippen molar-refractivity contribution < 1.29 is 14.1 Å². The second-order valence-corrected chi connectivity index (χ2v) is 3.97. The summed E-state index contributed by atoms with van der Waals surface area (Å²) < 4.78 is 13.3. The molecule has 112 valence electrons. The Morgan fingerprint density at radius 3 is 2.65 bits per heavy atom. The number of nitrogen functional groups attached to an aromatic ring is 1. The monoisotopic (exact) mass is 306 g/mol. The van der Waals surface area contributed by atoms with Gasteiger partial charge in [-0.25, -0.2) is 4.39 Å². The molecular formula is C11H16ClFN4O3. The number of nitro groups is 1. The van der Waals surface area contributed by atoms with Gasteiger partial charge in [-0.2, -0.15) is 0 Å². The van der Waals surface area contributed by atoms with Crippen LogP contribution in [-0.4, -0.2) is 42.9 Å². The molecule has 0 aliphatic rings. The van der Waals surface area contributed by atoms with E-state index in [-0.39, 0.29) is 23.7 Å². The van der Waals surface area contributed by atoms with Crippen LogP contribution in [0.4, 0.5) is 15.8 Å². The Morgan fingerprint density at radius 1 is 1.55 bits per heavy atom. The highest BCUT2D eigenvalue weighted by atomic mass is 35.5. The van der Waals surface area contributed by atoms with Crippen LogP contribution in [0.3, 0.4) is 0 Å². The third-order valence-corrected chi connectivity index (χ3v) is 2.59. The van der Waals surface area contributed by atoms with E-state index < -0.39 is 22.3 Å². The van der Waals surface area contributed by atoms with Crippen LogP contribution < -0.4 is 11.1 Å². The minimum absolute atomic E-state index is 0. The molecule has 0 unspecified atom stereocenters. The third-order valence-electron chi connectivity index (χ3n) is 2.59. The predicted molar refractivity (Wildman–Crippen MR) is 75.6 cm³/mol. The zero-order valence-corrected chi connectivity index (χ0v) is 11.9. The minimum atomic E-state index is -0.869. The lowest BCUT2D eigenvalue weighted by molar-refractivity contribution is -0.384. The molecule has 1 rings (SSSR count). The summed E-state index contributed by atoms with van der Waals surface area (Å²) in [6.07, 6.45) is 0. The number of amides is 1. The van der Waals surface area contributed by atoms with E-state index in [0.29, 0.717) is 19.2 Å². The van der Waals surface area contributed by atoms with Gasteiger partial charge in [-0.3, -0.25) is 14.9 Å². The van der Waals surface area contributed by atoms with Crippen molar-refractivity contribution in [3.63, 3.8) is 0 Å². The van der Waals surface area contributed by atoms with Gasteiger partial charge in [0.25, 0.3) is 11.6 Å². The van der Waals surface area contributed by atoms with E-state index >= 15 is 0 Å². The Bertz CT molecular complexity index is 513. The second-order valence-electron chi connectivity index (χ2n) is 3.97. The van der Waals surface area contributed by atoms with Crippen molar-refractivity contribution >= 4 is 29.7 Å². The van der Waals surface area contributed by atoms with Gasteiger partial charge in [0.1, 0.15) is 11.5 Å². The van der Waals surface area contributed by atoms with Crippen LogP contribution in [0.15, 0.2) is 12.1 Å². The molecule has 0 saturated heterocycles. The zero-order valence-electron chi connectivity index (χ0n) is 11.1. The van der Waals surface area contributed by atoms with Gasteiger partial charge in [0.15, 0.2) is 0 Å². The van der Waals surface area contributed by atoms with E-state index in [1.54, 1.807) is 7.05 Å². The van der Waals surface area contributed by atoms with Crippen LogP contribution in [-0.2, 0) is 0 Å². The van der Waals surface area contributed by atoms with Crippen molar-refractivity contribution in [1.29, 1.82) is 0 Å². The summed E-state index contributed by atoms with van der Waals surface area (Å²) in [5.74, 6) is -1.43. The fraction of sp³-hybridized carbons (Fsp3) is 0.364. The zero-order chi connectivity index (χ0) is 14.6. The molecule has 1 amide bonds. The molecule has 3 N–H and O–H groups in total. The van der Waals surface area contributed by atoms with Crippen LogP contribution in [0.1, 0.15) is 10.4 Å². The number of nitrogens with one attached hydrogen (secondary N) is 1. The number of halogens is 2. The van der Waals surface area contributed by atoms with Gasteiger partial charge in [-0.15, -0.1) is 12.4 Å². The van der Waals surface area contributed by atoms with E-state index in [2.05, 4.69) is 5.32 Å². The van der Waals surface area contributed by atoms with E-state index in [4.69, 9.17) is 5.73 Å². The molecule has 0 atom stereocenters. The van der Waals surface area contributed by atoms with Crippen molar-refractivity contribution in [2.75, 3.05) is 32.9 Å². The Morgan fingerprint density at radius 2 is 2.15 bits per heavy atom. The molecule has 20 heavy (non-hydrogen) atoms. The lowest BCUT2D eigenvalue weighted by Gasteiger charge is -2.17. The lowest BCUT2D eigenvalue weighted by Crippen LogP contribution is -2.33. The molecule has 0 heterocycles. The maximum Gasteiger partial charge on any atom is 0.295 e. The Balaban J connectivity index is 0.00000361. The maximum atomic E-state index is 13.3. The number of rotatable bonds is 5. The number of nitrogens with zero attached hydrogens (tertiary/aromatic N) is 2. The standard InChI is InChI=1S/C11H15FN4O3.ClH/c1-14-3-4-15(2)11(17)8-5-7(12)6-9(10(8)13)16(18)19;/h5-6,14H,3-4,13H2,1-2H3;1H. The minimum Gasteiger partial charge on any atom is -0.393 e. The number of benzene rings is 1. The molecule has 0 aliphatic carbocycles. The van der Waals surface area contributed by atoms with Crippen molar-refractivity contribution in [1.82, 2.24) is 10.2 Å². The summed E-state index contributed by atoms with van der Waals surface area (Å²) in [4.78, 5) is 23.2. The Hall–Kier alpha value is -1.93. The Labute approximate surface area is 121 Å². The average molecular weight is 307 g/mol. The predicted octanol–water partition coefficient (Wildman–Crippen LogP) is 1.03. The number of anilines is 1.